The molecule has 1 heteroatoms. The average Bonchev–Trinajstić information content (AvgIpc) is 2.20. The summed E-state index contributed by atoms with van der Waals surface area (Å²) in [6.45, 7) is 1.67. The van der Waals surface area contributed by atoms with Crippen molar-refractivity contribution >= 4 is 0 Å². The first-order chi connectivity index (χ1) is 7.27. The van der Waals surface area contributed by atoms with Crippen LogP contribution in [0.1, 0.15) is 6.92 Å². The van der Waals surface area contributed by atoms with Gasteiger partial charge in [-0.3, -0.25) is 0 Å². The minimum Gasteiger partial charge on any atom is -0.389 e. The molecule has 0 aromatic heterocycles. The molecule has 0 saturated heterocycles. The van der Waals surface area contributed by atoms with Gasteiger partial charge in [0.1, 0.15) is 0 Å². The van der Waals surface area contributed by atoms with E-state index < -0.39 is 6.10 Å². The third-order valence-electron chi connectivity index (χ3n) is 1.07. The van der Waals surface area contributed by atoms with Crippen molar-refractivity contribution in [1.82, 2.24) is 0 Å². The van der Waals surface area contributed by atoms with E-state index in [2.05, 4.69) is 41.4 Å². The van der Waals surface area contributed by atoms with Crippen LogP contribution < -0.4 is 0 Å². The fourth-order valence-corrected chi connectivity index (χ4v) is 0.536. The normalized spacial score (nSPS) is 10.2. The average molecular weight is 194 g/mol. The summed E-state index contributed by atoms with van der Waals surface area (Å²) in [7, 11) is 0. The third-order valence-corrected chi connectivity index (χ3v) is 1.07. The maximum absolute atomic E-state index is 8.87. The van der Waals surface area contributed by atoms with Crippen molar-refractivity contribution in [3.8, 4) is 47.9 Å². The fraction of sp³-hybridized carbons (Fsp3) is 0.143. The molecule has 0 spiro atoms. The highest BCUT2D eigenvalue weighted by Gasteiger charge is 1.79. The predicted molar refractivity (Wildman–Crippen MR) is 62.1 cm³/mol. The first-order valence-corrected chi connectivity index (χ1v) is 4.25. The Balaban J connectivity index is 4.00. The zero-order valence-corrected chi connectivity index (χ0v) is 8.41. The van der Waals surface area contributed by atoms with Gasteiger partial charge in [0.05, 0.1) is 6.10 Å². The first-order valence-electron chi connectivity index (χ1n) is 4.25. The quantitative estimate of drug-likeness (QED) is 0.516. The first kappa shape index (κ1) is 12.7. The van der Waals surface area contributed by atoms with Crippen LogP contribution in [-0.4, -0.2) is 11.2 Å². The Morgan fingerprint density at radius 2 is 1.73 bits per heavy atom. The van der Waals surface area contributed by atoms with Crippen LogP contribution in [0.2, 0.25) is 0 Å². The van der Waals surface area contributed by atoms with Crippen LogP contribution in [0.15, 0.2) is 24.3 Å². The second-order valence-electron chi connectivity index (χ2n) is 2.40. The maximum Gasteiger partial charge on any atom is 0.0695 e. The second-order valence-corrected chi connectivity index (χ2v) is 2.40. The van der Waals surface area contributed by atoms with Gasteiger partial charge in [-0.25, -0.2) is 0 Å². The van der Waals surface area contributed by atoms with E-state index in [4.69, 9.17) is 11.5 Å². The number of aliphatic hydroxyl groups excluding tert-OH is 1. The summed E-state index contributed by atoms with van der Waals surface area (Å²) in [4.78, 5) is 0. The molecule has 0 aliphatic rings. The fourth-order valence-electron chi connectivity index (χ4n) is 0.536. The number of terminal acetylenes is 1. The van der Waals surface area contributed by atoms with Gasteiger partial charge in [0.25, 0.3) is 0 Å². The van der Waals surface area contributed by atoms with Crippen LogP contribution in [-0.2, 0) is 0 Å². The van der Waals surface area contributed by atoms with E-state index >= 15 is 0 Å². The van der Waals surface area contributed by atoms with Gasteiger partial charge < -0.3 is 5.11 Å². The van der Waals surface area contributed by atoms with E-state index in [-0.39, 0.29) is 0 Å². The van der Waals surface area contributed by atoms with Gasteiger partial charge in [0.15, 0.2) is 0 Å². The van der Waals surface area contributed by atoms with Crippen LogP contribution >= 0.6 is 0 Å². The minimum atomic E-state index is -0.443. The van der Waals surface area contributed by atoms with Crippen LogP contribution in [0, 0.1) is 47.9 Å². The predicted octanol–water partition coefficient (Wildman–Crippen LogP) is 1.12. The molecule has 0 aromatic carbocycles. The van der Waals surface area contributed by atoms with Crippen LogP contribution in [0.5, 0.6) is 0 Å². The van der Waals surface area contributed by atoms with Crippen molar-refractivity contribution in [3.05, 3.63) is 24.3 Å². The van der Waals surface area contributed by atoms with Gasteiger partial charge in [-0.1, -0.05) is 24.1 Å². The lowest BCUT2D eigenvalue weighted by atomic mass is 10.3. The molecule has 1 nitrogen and oxygen atoms in total. The molecule has 0 unspecified atom stereocenters. The van der Waals surface area contributed by atoms with Crippen molar-refractivity contribution in [1.29, 1.82) is 0 Å². The van der Waals surface area contributed by atoms with Crippen molar-refractivity contribution in [2.75, 3.05) is 0 Å². The number of hydrogen-bond acceptors (Lipinski definition) is 1. The number of allylic oxidation sites excluding steroid dienone is 3. The molecule has 15 heavy (non-hydrogen) atoms. The van der Waals surface area contributed by atoms with Crippen molar-refractivity contribution < 1.29 is 5.11 Å². The molecule has 0 bridgehead atoms. The van der Waals surface area contributed by atoms with Gasteiger partial charge in [0, 0.05) is 0 Å². The van der Waals surface area contributed by atoms with E-state index in [1.807, 2.05) is 0 Å². The van der Waals surface area contributed by atoms with Crippen molar-refractivity contribution in [3.63, 3.8) is 0 Å². The second kappa shape index (κ2) is 9.77. The molecular formula is C14H10O. The maximum atomic E-state index is 8.87. The molecule has 0 fully saturated rings. The van der Waals surface area contributed by atoms with Gasteiger partial charge >= 0.3 is 0 Å². The van der Waals surface area contributed by atoms with Crippen LogP contribution in [0.4, 0.5) is 0 Å². The Morgan fingerprint density at radius 3 is 2.40 bits per heavy atom. The van der Waals surface area contributed by atoms with Gasteiger partial charge in [0.2, 0.25) is 0 Å². The molecule has 0 aliphatic heterocycles. The summed E-state index contributed by atoms with van der Waals surface area (Å²) >= 11 is 0. The van der Waals surface area contributed by atoms with Crippen LogP contribution in [0.3, 0.4) is 0 Å². The zero-order valence-electron chi connectivity index (χ0n) is 8.41. The molecule has 0 aliphatic carbocycles. The Bertz CT molecular complexity index is 451. The van der Waals surface area contributed by atoms with Gasteiger partial charge in [-0.05, 0) is 48.5 Å². The lowest BCUT2D eigenvalue weighted by molar-refractivity contribution is 0.244. The number of rotatable bonds is 2. The molecule has 0 rings (SSSR count). The van der Waals surface area contributed by atoms with E-state index in [9.17, 15) is 0 Å². The molecule has 72 valence electrons. The molecule has 0 heterocycles. The van der Waals surface area contributed by atoms with Gasteiger partial charge in [-0.15, -0.1) is 6.42 Å². The molecule has 0 radical (unpaired) electrons. The smallest absolute Gasteiger partial charge is 0.0695 e. The summed E-state index contributed by atoms with van der Waals surface area (Å²) in [6.07, 6.45) is 11.1. The minimum absolute atomic E-state index is 0.443. The van der Waals surface area contributed by atoms with E-state index in [0.29, 0.717) is 0 Å². The largest absolute Gasteiger partial charge is 0.389 e. The van der Waals surface area contributed by atoms with Crippen molar-refractivity contribution in [2.24, 2.45) is 0 Å². The lowest BCUT2D eigenvalue weighted by Crippen LogP contribution is -1.90. The summed E-state index contributed by atoms with van der Waals surface area (Å²) in [5.74, 6) is 17.2. The number of hydrogen-bond donors (Lipinski definition) is 1. The third kappa shape index (κ3) is 11.7. The molecule has 0 aromatic rings. The molecule has 1 atom stereocenters. The molecule has 1 N–H and O–H groups in total. The number of aliphatic hydroxyl groups is 1. The highest BCUT2D eigenvalue weighted by atomic mass is 16.3. The van der Waals surface area contributed by atoms with Crippen LogP contribution in [0.25, 0.3) is 0 Å². The Morgan fingerprint density at radius 1 is 1.07 bits per heavy atom. The molecular weight excluding hydrogens is 184 g/mol. The monoisotopic (exact) mass is 194 g/mol. The summed E-state index contributed by atoms with van der Waals surface area (Å²) in [6, 6.07) is 0. The summed E-state index contributed by atoms with van der Waals surface area (Å²) < 4.78 is 0. The highest BCUT2D eigenvalue weighted by Crippen LogP contribution is 1.83. The lowest BCUT2D eigenvalue weighted by Gasteiger charge is -1.88. The molecule has 0 saturated carbocycles. The zero-order chi connectivity index (χ0) is 11.4. The Hall–Kier alpha value is -2.32. The highest BCUT2D eigenvalue weighted by molar-refractivity contribution is 5.40. The summed E-state index contributed by atoms with van der Waals surface area (Å²) in [5, 5.41) is 8.87. The topological polar surface area (TPSA) is 20.2 Å². The SMILES string of the molecule is C#CC#CC#CC#C/C=C\C=C\[C@@H](C)O. The Labute approximate surface area is 90.9 Å². The van der Waals surface area contributed by atoms with E-state index in [0.717, 1.165) is 0 Å². The Kier molecular flexibility index (Phi) is 8.26. The standard InChI is InChI=1S/C14H10O/c1-3-4-5-6-7-8-9-10-11-12-13-14(2)15/h1,10-15H,2H3/b11-10-,13-12+/t14-/m1/s1. The summed E-state index contributed by atoms with van der Waals surface area (Å²) in [5.41, 5.74) is 0. The molecule has 0 amide bonds. The van der Waals surface area contributed by atoms with E-state index in [1.165, 1.54) is 0 Å². The van der Waals surface area contributed by atoms with E-state index in [1.54, 1.807) is 31.2 Å². The van der Waals surface area contributed by atoms with Crippen molar-refractivity contribution in [2.45, 2.75) is 13.0 Å². The van der Waals surface area contributed by atoms with Gasteiger partial charge in [-0.2, -0.15) is 0 Å².